The molecule has 0 saturated carbocycles. The van der Waals surface area contributed by atoms with Crippen molar-refractivity contribution >= 4 is 33.3 Å². The number of rotatable bonds is 6. The molecule has 1 heterocycles. The highest BCUT2D eigenvalue weighted by Gasteiger charge is 1.98. The van der Waals surface area contributed by atoms with Crippen LogP contribution in [0.5, 0.6) is 0 Å². The van der Waals surface area contributed by atoms with Gasteiger partial charge in [0.15, 0.2) is 0 Å². The highest BCUT2D eigenvalue weighted by Crippen LogP contribution is 2.24. The lowest BCUT2D eigenvalue weighted by Crippen LogP contribution is -2.20. The maximum atomic E-state index is 4.96. The molecule has 0 saturated heterocycles. The van der Waals surface area contributed by atoms with Crippen molar-refractivity contribution in [3.63, 3.8) is 0 Å². The van der Waals surface area contributed by atoms with Crippen LogP contribution in [0.3, 0.4) is 0 Å². The van der Waals surface area contributed by atoms with E-state index in [-0.39, 0.29) is 0 Å². The molecule has 1 aromatic heterocycles. The van der Waals surface area contributed by atoms with E-state index in [1.165, 1.54) is 14.9 Å². The van der Waals surface area contributed by atoms with Gasteiger partial charge in [-0.1, -0.05) is 5.57 Å². The molecule has 1 rings (SSSR count). The van der Waals surface area contributed by atoms with E-state index in [0.29, 0.717) is 0 Å². The minimum atomic E-state index is 0.760. The summed E-state index contributed by atoms with van der Waals surface area (Å²) in [5.74, 6) is 0. The lowest BCUT2D eigenvalue weighted by Gasteiger charge is -2.03. The van der Waals surface area contributed by atoms with E-state index in [1.54, 1.807) is 18.4 Å². The van der Waals surface area contributed by atoms with Crippen LogP contribution in [0, 0.1) is 0 Å². The summed E-state index contributed by atoms with van der Waals surface area (Å²) in [4.78, 5) is 1.28. The molecule has 0 aromatic carbocycles. The number of hydrogen-bond donors (Lipinski definition) is 1. The fourth-order valence-electron chi connectivity index (χ4n) is 1.14. The molecule has 15 heavy (non-hydrogen) atoms. The first-order valence-corrected chi connectivity index (χ1v) is 6.51. The summed E-state index contributed by atoms with van der Waals surface area (Å²) < 4.78 is 6.13. The summed E-state index contributed by atoms with van der Waals surface area (Å²) in [6, 6.07) is 2.07. The van der Waals surface area contributed by atoms with Crippen LogP contribution in [0.25, 0.3) is 6.08 Å². The first-order chi connectivity index (χ1) is 7.24. The Kier molecular flexibility index (Phi) is 6.17. The molecule has 0 amide bonds. The van der Waals surface area contributed by atoms with Gasteiger partial charge in [0.05, 0.1) is 6.61 Å². The molecule has 84 valence electrons. The van der Waals surface area contributed by atoms with Gasteiger partial charge in [-0.2, -0.15) is 0 Å². The summed E-state index contributed by atoms with van der Waals surface area (Å²) in [5, 5.41) is 5.40. The van der Waals surface area contributed by atoms with Gasteiger partial charge < -0.3 is 10.1 Å². The third-order valence-corrected chi connectivity index (χ3v) is 3.73. The summed E-state index contributed by atoms with van der Waals surface area (Å²) in [6.45, 7) is 4.70. The Bertz CT molecular complexity index is 322. The molecule has 0 radical (unpaired) electrons. The Balaban J connectivity index is 2.36. The zero-order chi connectivity index (χ0) is 11.1. The van der Waals surface area contributed by atoms with E-state index in [9.17, 15) is 0 Å². The van der Waals surface area contributed by atoms with Crippen molar-refractivity contribution in [3.8, 4) is 0 Å². The Hall–Kier alpha value is -0.160. The molecule has 0 atom stereocenters. The predicted octanol–water partition coefficient (Wildman–Crippen LogP) is 3.15. The molecular formula is C11H16BrNOS. The molecule has 0 aliphatic carbocycles. The van der Waals surface area contributed by atoms with E-state index in [2.05, 4.69) is 45.7 Å². The average Bonchev–Trinajstić information content (AvgIpc) is 2.59. The van der Waals surface area contributed by atoms with E-state index in [1.807, 2.05) is 0 Å². The van der Waals surface area contributed by atoms with Crippen LogP contribution in [0.1, 0.15) is 11.8 Å². The average molecular weight is 290 g/mol. The van der Waals surface area contributed by atoms with Crippen molar-refractivity contribution in [1.82, 2.24) is 5.32 Å². The van der Waals surface area contributed by atoms with Gasteiger partial charge in [-0.25, -0.2) is 0 Å². The molecular weight excluding hydrogens is 274 g/mol. The second-order valence-corrected chi connectivity index (χ2v) is 5.10. The number of thiophene rings is 1. The molecule has 0 fully saturated rings. The van der Waals surface area contributed by atoms with Crippen molar-refractivity contribution < 1.29 is 4.74 Å². The van der Waals surface area contributed by atoms with Gasteiger partial charge in [-0.15, -0.1) is 11.3 Å². The molecule has 0 spiro atoms. The van der Waals surface area contributed by atoms with Gasteiger partial charge in [-0.05, 0) is 40.4 Å². The molecule has 4 heteroatoms. The first kappa shape index (κ1) is 12.9. The highest BCUT2D eigenvalue weighted by atomic mass is 79.9. The van der Waals surface area contributed by atoms with Gasteiger partial charge >= 0.3 is 0 Å². The smallest absolute Gasteiger partial charge is 0.0587 e. The van der Waals surface area contributed by atoms with Crippen LogP contribution in [0.4, 0.5) is 0 Å². The molecule has 1 N–H and O–H groups in total. The fourth-order valence-corrected chi connectivity index (χ4v) is 2.65. The third kappa shape index (κ3) is 4.93. The molecule has 0 bridgehead atoms. The number of hydrogen-bond acceptors (Lipinski definition) is 3. The van der Waals surface area contributed by atoms with E-state index >= 15 is 0 Å². The van der Waals surface area contributed by atoms with Crippen molar-refractivity contribution in [2.75, 3.05) is 26.8 Å². The topological polar surface area (TPSA) is 21.3 Å². The lowest BCUT2D eigenvalue weighted by molar-refractivity contribution is 0.200. The van der Waals surface area contributed by atoms with E-state index < -0.39 is 0 Å². The molecule has 0 unspecified atom stereocenters. The van der Waals surface area contributed by atoms with Crippen molar-refractivity contribution in [3.05, 3.63) is 26.4 Å². The summed E-state index contributed by atoms with van der Waals surface area (Å²) in [5.41, 5.74) is 1.33. The summed E-state index contributed by atoms with van der Waals surface area (Å²) in [6.07, 6.45) is 2.20. The quantitative estimate of drug-likeness (QED) is 0.813. The van der Waals surface area contributed by atoms with Crippen LogP contribution >= 0.6 is 27.3 Å². The number of nitrogens with one attached hydrogen (secondary N) is 1. The maximum Gasteiger partial charge on any atom is 0.0587 e. The number of ether oxygens (including phenoxy) is 1. The van der Waals surface area contributed by atoms with Gasteiger partial charge in [0.1, 0.15) is 0 Å². The van der Waals surface area contributed by atoms with Gasteiger partial charge in [0, 0.05) is 29.5 Å². The van der Waals surface area contributed by atoms with Gasteiger partial charge in [-0.3, -0.25) is 0 Å². The predicted molar refractivity (Wildman–Crippen MR) is 70.4 cm³/mol. The summed E-state index contributed by atoms with van der Waals surface area (Å²) in [7, 11) is 1.72. The van der Waals surface area contributed by atoms with Crippen LogP contribution in [0.15, 0.2) is 21.5 Å². The van der Waals surface area contributed by atoms with E-state index in [4.69, 9.17) is 4.74 Å². The fraction of sp³-hybridized carbons (Fsp3) is 0.455. The SMILES string of the molecule is COCCNC/C(C)=C/c1sccc1Br. The van der Waals surface area contributed by atoms with Crippen molar-refractivity contribution in [2.45, 2.75) is 6.92 Å². The Morgan fingerprint density at radius 2 is 2.47 bits per heavy atom. The number of methoxy groups -OCH3 is 1. The first-order valence-electron chi connectivity index (χ1n) is 4.84. The molecule has 2 nitrogen and oxygen atoms in total. The Morgan fingerprint density at radius 1 is 1.67 bits per heavy atom. The minimum absolute atomic E-state index is 0.760. The van der Waals surface area contributed by atoms with Crippen LogP contribution in [-0.2, 0) is 4.74 Å². The van der Waals surface area contributed by atoms with Gasteiger partial charge in [0.2, 0.25) is 0 Å². The van der Waals surface area contributed by atoms with Crippen molar-refractivity contribution in [1.29, 1.82) is 0 Å². The lowest BCUT2D eigenvalue weighted by atomic mass is 10.2. The zero-order valence-electron chi connectivity index (χ0n) is 9.05. The molecule has 0 aliphatic rings. The van der Waals surface area contributed by atoms with Crippen LogP contribution < -0.4 is 5.32 Å². The van der Waals surface area contributed by atoms with Crippen molar-refractivity contribution in [2.24, 2.45) is 0 Å². The maximum absolute atomic E-state index is 4.96. The minimum Gasteiger partial charge on any atom is -0.383 e. The summed E-state index contributed by atoms with van der Waals surface area (Å²) >= 11 is 5.26. The molecule has 0 aliphatic heterocycles. The largest absolute Gasteiger partial charge is 0.383 e. The second kappa shape index (κ2) is 7.17. The molecule has 1 aromatic rings. The monoisotopic (exact) mass is 289 g/mol. The third-order valence-electron chi connectivity index (χ3n) is 1.91. The van der Waals surface area contributed by atoms with Crippen LogP contribution in [-0.4, -0.2) is 26.8 Å². The van der Waals surface area contributed by atoms with Crippen LogP contribution in [0.2, 0.25) is 0 Å². The highest BCUT2D eigenvalue weighted by molar-refractivity contribution is 9.10. The standard InChI is InChI=1S/C11H16BrNOS/c1-9(8-13-4-5-14-2)7-11-10(12)3-6-15-11/h3,6-7,13H,4-5,8H2,1-2H3/b9-7+. The zero-order valence-corrected chi connectivity index (χ0v) is 11.5. The van der Waals surface area contributed by atoms with E-state index in [0.717, 1.165) is 19.7 Å². The Labute approximate surface area is 103 Å². The Morgan fingerprint density at radius 3 is 3.07 bits per heavy atom. The second-order valence-electron chi connectivity index (χ2n) is 3.29. The van der Waals surface area contributed by atoms with Gasteiger partial charge in [0.25, 0.3) is 0 Å². The normalized spacial score (nSPS) is 12.1. The number of halogens is 1.